The van der Waals surface area contributed by atoms with Crippen molar-refractivity contribution >= 4 is 0 Å². The van der Waals surface area contributed by atoms with Gasteiger partial charge < -0.3 is 5.32 Å². The second kappa shape index (κ2) is 5.52. The van der Waals surface area contributed by atoms with E-state index in [9.17, 15) is 0 Å². The molecule has 1 heterocycles. The van der Waals surface area contributed by atoms with Gasteiger partial charge in [-0.15, -0.1) is 6.58 Å². The van der Waals surface area contributed by atoms with Crippen LogP contribution in [0.3, 0.4) is 0 Å². The molecule has 0 amide bonds. The van der Waals surface area contributed by atoms with E-state index in [0.717, 1.165) is 25.6 Å². The van der Waals surface area contributed by atoms with E-state index in [4.69, 9.17) is 0 Å². The number of hydrogen-bond donors (Lipinski definition) is 1. The van der Waals surface area contributed by atoms with E-state index >= 15 is 0 Å². The highest BCUT2D eigenvalue weighted by molar-refractivity contribution is 4.88. The molecule has 2 nitrogen and oxygen atoms in total. The van der Waals surface area contributed by atoms with Crippen molar-refractivity contribution in [1.82, 2.24) is 10.2 Å². The molecule has 0 aromatic carbocycles. The van der Waals surface area contributed by atoms with Gasteiger partial charge in [0.2, 0.25) is 0 Å². The minimum Gasteiger partial charge on any atom is -0.311 e. The van der Waals surface area contributed by atoms with Gasteiger partial charge in [-0.25, -0.2) is 0 Å². The summed E-state index contributed by atoms with van der Waals surface area (Å²) >= 11 is 0. The van der Waals surface area contributed by atoms with Crippen LogP contribution in [-0.4, -0.2) is 36.6 Å². The monoisotopic (exact) mass is 196 g/mol. The van der Waals surface area contributed by atoms with E-state index in [2.05, 4.69) is 37.6 Å². The molecule has 2 unspecified atom stereocenters. The van der Waals surface area contributed by atoms with Gasteiger partial charge >= 0.3 is 0 Å². The number of nitrogens with zero attached hydrogens (tertiary/aromatic N) is 1. The smallest absolute Gasteiger partial charge is 0.0227 e. The lowest BCUT2D eigenvalue weighted by molar-refractivity contribution is 0.133. The molecule has 0 radical (unpaired) electrons. The Bertz CT molecular complexity index is 177. The maximum absolute atomic E-state index is 3.83. The molecule has 0 saturated carbocycles. The van der Waals surface area contributed by atoms with Gasteiger partial charge in [0, 0.05) is 31.7 Å². The van der Waals surface area contributed by atoms with Crippen LogP contribution in [-0.2, 0) is 0 Å². The average Bonchev–Trinajstić information content (AvgIpc) is 2.09. The SMILES string of the molecule is C=CCN1CC(C)NCC1CC(C)C. The van der Waals surface area contributed by atoms with E-state index in [-0.39, 0.29) is 0 Å². The fraction of sp³-hybridized carbons (Fsp3) is 0.833. The van der Waals surface area contributed by atoms with Crippen molar-refractivity contribution in [1.29, 1.82) is 0 Å². The van der Waals surface area contributed by atoms with E-state index in [1.807, 2.05) is 6.08 Å². The van der Waals surface area contributed by atoms with Crippen molar-refractivity contribution in [2.45, 2.75) is 39.3 Å². The summed E-state index contributed by atoms with van der Waals surface area (Å²) in [5.41, 5.74) is 0. The van der Waals surface area contributed by atoms with Gasteiger partial charge in [-0.2, -0.15) is 0 Å². The molecule has 0 aliphatic carbocycles. The Morgan fingerprint density at radius 3 is 2.86 bits per heavy atom. The normalized spacial score (nSPS) is 29.4. The van der Waals surface area contributed by atoms with E-state index in [0.29, 0.717) is 12.1 Å². The van der Waals surface area contributed by atoms with Crippen molar-refractivity contribution in [3.05, 3.63) is 12.7 Å². The summed E-state index contributed by atoms with van der Waals surface area (Å²) < 4.78 is 0. The summed E-state index contributed by atoms with van der Waals surface area (Å²) in [7, 11) is 0. The van der Waals surface area contributed by atoms with Crippen LogP contribution in [0.4, 0.5) is 0 Å². The number of nitrogens with one attached hydrogen (secondary N) is 1. The summed E-state index contributed by atoms with van der Waals surface area (Å²) in [6.45, 7) is 14.0. The molecule has 0 bridgehead atoms. The third-order valence-electron chi connectivity index (χ3n) is 2.83. The van der Waals surface area contributed by atoms with Crippen LogP contribution in [0.15, 0.2) is 12.7 Å². The zero-order valence-corrected chi connectivity index (χ0v) is 9.79. The Balaban J connectivity index is 2.48. The maximum Gasteiger partial charge on any atom is 0.0227 e. The average molecular weight is 196 g/mol. The summed E-state index contributed by atoms with van der Waals surface area (Å²) in [6, 6.07) is 1.32. The summed E-state index contributed by atoms with van der Waals surface area (Å²) in [5.74, 6) is 0.780. The molecular weight excluding hydrogens is 172 g/mol. The summed E-state index contributed by atoms with van der Waals surface area (Å²) in [4.78, 5) is 2.55. The topological polar surface area (TPSA) is 15.3 Å². The van der Waals surface area contributed by atoms with Crippen LogP contribution in [0.5, 0.6) is 0 Å². The zero-order valence-electron chi connectivity index (χ0n) is 9.79. The van der Waals surface area contributed by atoms with Crippen molar-refractivity contribution in [3.8, 4) is 0 Å². The molecule has 14 heavy (non-hydrogen) atoms. The van der Waals surface area contributed by atoms with Gasteiger partial charge in [0.1, 0.15) is 0 Å². The molecule has 1 N–H and O–H groups in total. The second-order valence-electron chi connectivity index (χ2n) is 4.84. The molecule has 0 aromatic heterocycles. The highest BCUT2D eigenvalue weighted by Gasteiger charge is 2.24. The van der Waals surface area contributed by atoms with Crippen LogP contribution in [0.2, 0.25) is 0 Å². The molecule has 2 heteroatoms. The highest BCUT2D eigenvalue weighted by Crippen LogP contribution is 2.14. The first-order chi connectivity index (χ1) is 6.63. The standard InChI is InChI=1S/C12H24N2/c1-5-6-14-9-11(4)13-8-12(14)7-10(2)3/h5,10-13H,1,6-9H2,2-4H3. The summed E-state index contributed by atoms with van der Waals surface area (Å²) in [5, 5.41) is 3.55. The minimum absolute atomic E-state index is 0.623. The predicted molar refractivity (Wildman–Crippen MR) is 62.5 cm³/mol. The van der Waals surface area contributed by atoms with Crippen LogP contribution in [0.25, 0.3) is 0 Å². The first-order valence-electron chi connectivity index (χ1n) is 5.71. The van der Waals surface area contributed by atoms with Crippen LogP contribution in [0.1, 0.15) is 27.2 Å². The molecule has 1 aliphatic rings. The van der Waals surface area contributed by atoms with Gasteiger partial charge in [0.25, 0.3) is 0 Å². The van der Waals surface area contributed by atoms with Crippen molar-refractivity contribution < 1.29 is 0 Å². The fourth-order valence-electron chi connectivity index (χ4n) is 2.20. The van der Waals surface area contributed by atoms with Gasteiger partial charge in [0.15, 0.2) is 0 Å². The Morgan fingerprint density at radius 2 is 2.29 bits per heavy atom. The molecular formula is C12H24N2. The third kappa shape index (κ3) is 3.43. The third-order valence-corrected chi connectivity index (χ3v) is 2.83. The Kier molecular flexibility index (Phi) is 4.63. The van der Waals surface area contributed by atoms with Crippen LogP contribution >= 0.6 is 0 Å². The largest absolute Gasteiger partial charge is 0.311 e. The molecule has 1 saturated heterocycles. The fourth-order valence-corrected chi connectivity index (χ4v) is 2.20. The lowest BCUT2D eigenvalue weighted by atomic mass is 9.99. The quantitative estimate of drug-likeness (QED) is 0.691. The predicted octanol–water partition coefficient (Wildman–Crippen LogP) is 1.88. The highest BCUT2D eigenvalue weighted by atomic mass is 15.2. The van der Waals surface area contributed by atoms with Gasteiger partial charge in [-0.05, 0) is 19.3 Å². The summed E-state index contributed by atoms with van der Waals surface area (Å²) in [6.07, 6.45) is 3.30. The van der Waals surface area contributed by atoms with Gasteiger partial charge in [-0.1, -0.05) is 19.9 Å². The lowest BCUT2D eigenvalue weighted by Crippen LogP contribution is -2.55. The number of hydrogen-bond acceptors (Lipinski definition) is 2. The molecule has 0 spiro atoms. The van der Waals surface area contributed by atoms with Crippen molar-refractivity contribution in [2.24, 2.45) is 5.92 Å². The second-order valence-corrected chi connectivity index (χ2v) is 4.84. The van der Waals surface area contributed by atoms with Gasteiger partial charge in [-0.3, -0.25) is 4.90 Å². The van der Waals surface area contributed by atoms with Gasteiger partial charge in [0.05, 0.1) is 0 Å². The molecule has 2 atom stereocenters. The Morgan fingerprint density at radius 1 is 1.57 bits per heavy atom. The van der Waals surface area contributed by atoms with Crippen molar-refractivity contribution in [2.75, 3.05) is 19.6 Å². The van der Waals surface area contributed by atoms with Crippen LogP contribution < -0.4 is 5.32 Å². The van der Waals surface area contributed by atoms with E-state index in [1.54, 1.807) is 0 Å². The van der Waals surface area contributed by atoms with Crippen molar-refractivity contribution in [3.63, 3.8) is 0 Å². The zero-order chi connectivity index (χ0) is 10.6. The first-order valence-corrected chi connectivity index (χ1v) is 5.71. The first kappa shape index (κ1) is 11.7. The molecule has 82 valence electrons. The lowest BCUT2D eigenvalue weighted by Gasteiger charge is -2.39. The Hall–Kier alpha value is -0.340. The van der Waals surface area contributed by atoms with E-state index in [1.165, 1.54) is 6.42 Å². The van der Waals surface area contributed by atoms with Crippen LogP contribution in [0, 0.1) is 5.92 Å². The maximum atomic E-state index is 3.83. The number of piperazine rings is 1. The molecule has 1 aliphatic heterocycles. The molecule has 1 rings (SSSR count). The molecule has 1 fully saturated rings. The molecule has 0 aromatic rings. The van der Waals surface area contributed by atoms with E-state index < -0.39 is 0 Å². The number of rotatable bonds is 4. The minimum atomic E-state index is 0.623. The Labute approximate surface area is 88.4 Å².